The topological polar surface area (TPSA) is 77.5 Å². The summed E-state index contributed by atoms with van der Waals surface area (Å²) in [5.41, 5.74) is -10.3. The monoisotopic (exact) mass is 666 g/mol. The number of esters is 2. The van der Waals surface area contributed by atoms with Gasteiger partial charge in [-0.05, 0) is 30.3 Å². The Bertz CT molecular complexity index is 1080. The van der Waals surface area contributed by atoms with E-state index >= 15 is 0 Å². The van der Waals surface area contributed by atoms with E-state index in [9.17, 15) is 45.5 Å². The standard InChI is InChI=1S/C19H6F6O5.U/c20-18(21,22)17(19(23,24)25,11-2-1-9(7-26)10(5-11)8-27)12-3-4-13-14(6-12)16(29)30-15(13)28;/h1-6H;/q-2;+2. The van der Waals surface area contributed by atoms with Gasteiger partial charge in [0.05, 0.1) is 11.1 Å². The van der Waals surface area contributed by atoms with Crippen LogP contribution in [0.15, 0.2) is 36.4 Å². The maximum atomic E-state index is 14.1. The zero-order valence-corrected chi connectivity index (χ0v) is 18.9. The first-order valence-electron chi connectivity index (χ1n) is 7.83. The molecule has 2 aromatic carbocycles. The number of benzene rings is 2. The number of alkyl halides is 6. The maximum Gasteiger partial charge on any atom is 2.00 e. The van der Waals surface area contributed by atoms with E-state index in [-0.39, 0.29) is 43.2 Å². The number of rotatable bonds is 4. The van der Waals surface area contributed by atoms with Crippen molar-refractivity contribution < 1.29 is 81.4 Å². The van der Waals surface area contributed by atoms with Crippen molar-refractivity contribution in [2.75, 3.05) is 0 Å². The third-order valence-electron chi connectivity index (χ3n) is 4.60. The average Bonchev–Trinajstić information content (AvgIpc) is 2.93. The minimum absolute atomic E-state index is 0. The van der Waals surface area contributed by atoms with Gasteiger partial charge in [0, 0.05) is 0 Å². The van der Waals surface area contributed by atoms with Crippen LogP contribution in [0.2, 0.25) is 0 Å². The first-order chi connectivity index (χ1) is 13.9. The Morgan fingerprint density at radius 2 is 1.16 bits per heavy atom. The summed E-state index contributed by atoms with van der Waals surface area (Å²) < 4.78 is 88.9. The molecule has 5 nitrogen and oxygen atoms in total. The van der Waals surface area contributed by atoms with Crippen LogP contribution in [0, 0.1) is 31.1 Å². The fraction of sp³-hybridized carbons (Fsp3) is 0.158. The second-order valence-electron chi connectivity index (χ2n) is 6.15. The molecule has 158 valence electrons. The SMILES string of the molecule is O=[C-]c1ccc(C(c2ccc3c(c2)C(=O)OC3=O)(C(F)(F)F)C(F)(F)F)cc1[C-]=O.[U+2]. The van der Waals surface area contributed by atoms with Crippen LogP contribution in [0.3, 0.4) is 0 Å². The molecule has 0 aliphatic carbocycles. The van der Waals surface area contributed by atoms with E-state index in [0.717, 1.165) is 6.29 Å². The summed E-state index contributed by atoms with van der Waals surface area (Å²) in [5, 5.41) is 0. The molecule has 3 rings (SSSR count). The summed E-state index contributed by atoms with van der Waals surface area (Å²) in [4.78, 5) is 44.9. The van der Waals surface area contributed by atoms with Crippen molar-refractivity contribution in [2.24, 2.45) is 0 Å². The Morgan fingerprint density at radius 3 is 1.68 bits per heavy atom. The van der Waals surface area contributed by atoms with Gasteiger partial charge in [0.1, 0.15) is 0 Å². The molecule has 2 aromatic rings. The molecule has 0 spiro atoms. The van der Waals surface area contributed by atoms with Gasteiger partial charge in [-0.25, -0.2) is 21.7 Å². The Kier molecular flexibility index (Phi) is 6.60. The second kappa shape index (κ2) is 8.24. The van der Waals surface area contributed by atoms with Crippen LogP contribution in [0.25, 0.3) is 0 Å². The van der Waals surface area contributed by atoms with Crippen LogP contribution in [-0.4, -0.2) is 36.9 Å². The number of carbonyl (C=O) groups is 2. The molecule has 0 N–H and O–H groups in total. The van der Waals surface area contributed by atoms with Gasteiger partial charge in [0.2, 0.25) is 0 Å². The molecule has 0 fully saturated rings. The minimum Gasteiger partial charge on any atom is -0.391 e. The third kappa shape index (κ3) is 3.72. The number of carbonyl (C=O) groups excluding carboxylic acids is 4. The van der Waals surface area contributed by atoms with Gasteiger partial charge in [-0.3, -0.25) is 11.1 Å². The normalized spacial score (nSPS) is 13.9. The quantitative estimate of drug-likeness (QED) is 0.217. The van der Waals surface area contributed by atoms with Crippen LogP contribution in [-0.2, 0) is 19.7 Å². The fourth-order valence-corrected chi connectivity index (χ4v) is 3.25. The van der Waals surface area contributed by atoms with Crippen molar-refractivity contribution in [3.8, 4) is 0 Å². The minimum atomic E-state index is -6.02. The van der Waals surface area contributed by atoms with E-state index in [1.54, 1.807) is 0 Å². The number of hydrogen-bond acceptors (Lipinski definition) is 5. The molecule has 1 aliphatic rings. The van der Waals surface area contributed by atoms with Gasteiger partial charge in [0.25, 0.3) is 0 Å². The number of ether oxygens (including phenoxy) is 1. The summed E-state index contributed by atoms with van der Waals surface area (Å²) in [6.45, 7) is 0. The molecular formula is C19H6F6O5U. The van der Waals surface area contributed by atoms with Gasteiger partial charge in [-0.15, -0.1) is 6.07 Å². The first kappa shape index (κ1) is 24.8. The molecule has 0 radical (unpaired) electrons. The van der Waals surface area contributed by atoms with Gasteiger partial charge in [-0.2, -0.15) is 26.3 Å². The Labute approximate surface area is 193 Å². The Balaban J connectivity index is 0.00000341. The van der Waals surface area contributed by atoms with Crippen LogP contribution in [0.1, 0.15) is 43.0 Å². The number of halogens is 6. The molecule has 0 saturated carbocycles. The van der Waals surface area contributed by atoms with Gasteiger partial charge >= 0.3 is 55.4 Å². The van der Waals surface area contributed by atoms with E-state index in [1.165, 1.54) is 6.29 Å². The van der Waals surface area contributed by atoms with E-state index in [1.807, 2.05) is 0 Å². The first-order valence-corrected chi connectivity index (χ1v) is 7.83. The van der Waals surface area contributed by atoms with Crippen molar-refractivity contribution in [3.63, 3.8) is 0 Å². The maximum absolute atomic E-state index is 14.1. The van der Waals surface area contributed by atoms with Crippen LogP contribution < -0.4 is 0 Å². The Morgan fingerprint density at radius 1 is 0.677 bits per heavy atom. The van der Waals surface area contributed by atoms with Crippen molar-refractivity contribution >= 4 is 24.5 Å². The predicted octanol–water partition coefficient (Wildman–Crippen LogP) is 3.32. The van der Waals surface area contributed by atoms with Crippen LogP contribution in [0.4, 0.5) is 26.3 Å². The largest absolute Gasteiger partial charge is 2.00 e. The molecule has 0 saturated heterocycles. The predicted molar refractivity (Wildman–Crippen MR) is 85.1 cm³/mol. The molecule has 0 aromatic heterocycles. The summed E-state index contributed by atoms with van der Waals surface area (Å²) >= 11 is 0. The van der Waals surface area contributed by atoms with Crippen molar-refractivity contribution in [1.82, 2.24) is 0 Å². The van der Waals surface area contributed by atoms with E-state index in [2.05, 4.69) is 4.74 Å². The van der Waals surface area contributed by atoms with Crippen LogP contribution >= 0.6 is 0 Å². The van der Waals surface area contributed by atoms with Crippen LogP contribution in [0.5, 0.6) is 0 Å². The molecule has 1 heterocycles. The van der Waals surface area contributed by atoms with Gasteiger partial charge in [0.15, 0.2) is 5.41 Å². The zero-order valence-electron chi connectivity index (χ0n) is 14.8. The summed E-state index contributed by atoms with van der Waals surface area (Å²) in [5.74, 6) is -2.61. The molecule has 0 atom stereocenters. The Hall–Kier alpha value is -2.45. The molecule has 0 bridgehead atoms. The van der Waals surface area contributed by atoms with Gasteiger partial charge < -0.3 is 14.3 Å². The number of hydrogen-bond donors (Lipinski definition) is 0. The molecular weight excluding hydrogens is 660 g/mol. The van der Waals surface area contributed by atoms with Crippen molar-refractivity contribution in [1.29, 1.82) is 0 Å². The number of cyclic esters (lactones) is 2. The smallest absolute Gasteiger partial charge is 0.391 e. The van der Waals surface area contributed by atoms with Crippen molar-refractivity contribution in [3.05, 3.63) is 69.8 Å². The summed E-state index contributed by atoms with van der Waals surface area (Å²) in [6, 6.07) is 2.45. The summed E-state index contributed by atoms with van der Waals surface area (Å²) in [6.07, 6.45) is -9.72. The molecule has 31 heavy (non-hydrogen) atoms. The third-order valence-corrected chi connectivity index (χ3v) is 4.60. The van der Waals surface area contributed by atoms with Crippen molar-refractivity contribution in [2.45, 2.75) is 17.8 Å². The summed E-state index contributed by atoms with van der Waals surface area (Å²) in [7, 11) is 0. The fourth-order valence-electron chi connectivity index (χ4n) is 3.25. The van der Waals surface area contributed by atoms with Gasteiger partial charge in [-0.1, -0.05) is 11.6 Å². The van der Waals surface area contributed by atoms with E-state index < -0.39 is 63.1 Å². The zero-order chi connectivity index (χ0) is 22.5. The average molecular weight is 666 g/mol. The van der Waals surface area contributed by atoms with E-state index in [0.29, 0.717) is 24.3 Å². The molecule has 1 aliphatic heterocycles. The second-order valence-corrected chi connectivity index (χ2v) is 6.15. The molecule has 12 heteroatoms. The van der Waals surface area contributed by atoms with E-state index in [4.69, 9.17) is 0 Å². The molecule has 0 unspecified atom stereocenters. The number of fused-ring (bicyclic) bond motifs is 1. The molecule has 0 amide bonds.